The van der Waals surface area contributed by atoms with Gasteiger partial charge < -0.3 is 29.3 Å². The van der Waals surface area contributed by atoms with E-state index in [0.29, 0.717) is 25.7 Å². The van der Waals surface area contributed by atoms with Gasteiger partial charge in [-0.3, -0.25) is 9.59 Å². The summed E-state index contributed by atoms with van der Waals surface area (Å²) in [5.74, 6) is -3.26. The van der Waals surface area contributed by atoms with Crippen LogP contribution in [-0.4, -0.2) is 73.8 Å². The van der Waals surface area contributed by atoms with Crippen molar-refractivity contribution in [1.29, 1.82) is 0 Å². The molecule has 8 nitrogen and oxygen atoms in total. The van der Waals surface area contributed by atoms with Crippen LogP contribution >= 0.6 is 0 Å². The number of esters is 2. The summed E-state index contributed by atoms with van der Waals surface area (Å²) in [5.41, 5.74) is 0. The number of rotatable bonds is 66. The number of hydrogen-bond donors (Lipinski definition) is 0. The Morgan fingerprint density at radius 3 is 0.519 bits per heavy atom. The van der Waals surface area contributed by atoms with Crippen molar-refractivity contribution in [2.45, 2.75) is 438 Å². The zero-order valence-electron chi connectivity index (χ0n) is 55.0. The van der Waals surface area contributed by atoms with Gasteiger partial charge >= 0.3 is 49.7 Å². The van der Waals surface area contributed by atoms with E-state index in [1.54, 1.807) is 0 Å². The summed E-state index contributed by atoms with van der Waals surface area (Å²) in [5, 5.41) is 22.8. The fraction of sp³-hybridized carbons (Fsp3) is 0.944. The molecule has 2 atom stereocenters. The molecule has 0 saturated heterocycles. The van der Waals surface area contributed by atoms with Crippen LogP contribution in [0, 0.1) is 0 Å². The average molecular weight is 1170 g/mol. The first-order valence-electron chi connectivity index (χ1n) is 36.0. The molecule has 0 bridgehead atoms. The summed E-state index contributed by atoms with van der Waals surface area (Å²) < 4.78 is 10.5. The van der Waals surface area contributed by atoms with Gasteiger partial charge in [0.05, 0.1) is 11.9 Å². The molecular weight excluding hydrogens is 1030 g/mol. The van der Waals surface area contributed by atoms with Crippen molar-refractivity contribution in [2.24, 2.45) is 0 Å². The molecule has 0 spiro atoms. The first-order valence-corrected chi connectivity index (χ1v) is 36.0. The van der Waals surface area contributed by atoms with Crippen LogP contribution in [0.1, 0.15) is 426 Å². The molecule has 0 amide bonds. The monoisotopic (exact) mass is 1170 g/mol. The molecule has 9 heteroatoms. The van der Waals surface area contributed by atoms with Gasteiger partial charge in [-0.1, -0.05) is 374 Å². The molecule has 0 aromatic rings. The number of carbonyl (C=O) groups excluding carboxylic acids is 4. The van der Waals surface area contributed by atoms with Crippen LogP contribution in [0.3, 0.4) is 0 Å². The molecule has 81 heavy (non-hydrogen) atoms. The van der Waals surface area contributed by atoms with Crippen LogP contribution in [0.2, 0.25) is 0 Å². The Bertz CT molecular complexity index is 1170. The Kier molecular flexibility index (Phi) is 76.4. The fourth-order valence-electron chi connectivity index (χ4n) is 11.2. The number of carboxylic acid groups (broad SMARTS) is 2. The van der Waals surface area contributed by atoms with E-state index >= 15 is 0 Å². The van der Waals surface area contributed by atoms with Crippen LogP contribution in [-0.2, 0) is 28.7 Å². The predicted molar refractivity (Wildman–Crippen MR) is 344 cm³/mol. The number of ether oxygens (including phenoxy) is 2. The average Bonchev–Trinajstić information content (AvgIpc) is 3.44. The van der Waals surface area contributed by atoms with Crippen LogP contribution in [0.25, 0.3) is 0 Å². The van der Waals surface area contributed by atoms with Gasteiger partial charge in [0.25, 0.3) is 0 Å². The summed E-state index contributed by atoms with van der Waals surface area (Å²) in [7, 11) is 0. The van der Waals surface area contributed by atoms with Gasteiger partial charge in [0, 0.05) is 12.8 Å². The van der Waals surface area contributed by atoms with E-state index in [0.717, 1.165) is 77.0 Å². The zero-order valence-corrected chi connectivity index (χ0v) is 57.2. The van der Waals surface area contributed by atoms with E-state index in [9.17, 15) is 29.4 Å². The predicted octanol–water partition coefficient (Wildman–Crippen LogP) is 21.2. The Morgan fingerprint density at radius 1 is 0.235 bits per heavy atom. The van der Waals surface area contributed by atoms with E-state index in [-0.39, 0.29) is 49.7 Å². The summed E-state index contributed by atoms with van der Waals surface area (Å²) in [6.07, 6.45) is 73.1. The van der Waals surface area contributed by atoms with E-state index in [2.05, 4.69) is 27.7 Å². The number of carbonyl (C=O) groups is 4. The largest absolute Gasteiger partial charge is 2.00 e. The summed E-state index contributed by atoms with van der Waals surface area (Å²) in [6, 6.07) is 0. The second-order valence-corrected chi connectivity index (χ2v) is 24.8. The fourth-order valence-corrected chi connectivity index (χ4v) is 11.2. The van der Waals surface area contributed by atoms with Crippen molar-refractivity contribution < 1.29 is 38.9 Å². The number of carboxylic acids is 2. The van der Waals surface area contributed by atoms with E-state index in [1.807, 2.05) is 0 Å². The van der Waals surface area contributed by atoms with Gasteiger partial charge in [0.15, 0.2) is 0 Å². The van der Waals surface area contributed by atoms with Crippen LogP contribution < -0.4 is 10.2 Å². The second kappa shape index (κ2) is 73.4. The van der Waals surface area contributed by atoms with Gasteiger partial charge in [0.1, 0.15) is 12.2 Å². The molecule has 0 fully saturated rings. The van der Waals surface area contributed by atoms with Crippen molar-refractivity contribution in [3.63, 3.8) is 0 Å². The molecule has 0 aliphatic rings. The maximum absolute atomic E-state index is 12.1. The topological polar surface area (TPSA) is 133 Å². The molecule has 0 N–H and O–H groups in total. The number of aliphatic carboxylic acids is 2. The van der Waals surface area contributed by atoms with Gasteiger partial charge in [0.2, 0.25) is 0 Å². The van der Waals surface area contributed by atoms with Crippen LogP contribution in [0.4, 0.5) is 0 Å². The second-order valence-electron chi connectivity index (χ2n) is 24.8. The first-order chi connectivity index (χ1) is 39.2. The molecule has 0 radical (unpaired) electrons. The SMILES string of the molecule is CCCCCCCCCCCCCCCCCC(=O)OC(CCCCCCCCCCCCCCCC)C(=O)[O-].CCCCCCCCCCCCCCCCCC(=O)OC(CCCCCCCCCCCCCCCC)C(=O)[O-].[Ca+2]. The maximum atomic E-state index is 12.1. The van der Waals surface area contributed by atoms with Crippen molar-refractivity contribution in [3.05, 3.63) is 0 Å². The third-order valence-corrected chi connectivity index (χ3v) is 16.7. The third kappa shape index (κ3) is 71.5. The summed E-state index contributed by atoms with van der Waals surface area (Å²) >= 11 is 0. The van der Waals surface area contributed by atoms with E-state index in [1.165, 1.54) is 295 Å². The summed E-state index contributed by atoms with van der Waals surface area (Å²) in [4.78, 5) is 47.1. The Morgan fingerprint density at radius 2 is 0.370 bits per heavy atom. The minimum atomic E-state index is -1.25. The minimum absolute atomic E-state index is 0. The van der Waals surface area contributed by atoms with Crippen molar-refractivity contribution in [3.8, 4) is 0 Å². The zero-order chi connectivity index (χ0) is 58.7. The van der Waals surface area contributed by atoms with E-state index in [4.69, 9.17) is 9.47 Å². The minimum Gasteiger partial charge on any atom is -0.546 e. The van der Waals surface area contributed by atoms with Crippen molar-refractivity contribution >= 4 is 61.6 Å². The first kappa shape index (κ1) is 84.3. The molecule has 0 aromatic carbocycles. The molecule has 2 unspecified atom stereocenters. The Hall–Kier alpha value is -0.860. The molecule has 0 heterocycles. The smallest absolute Gasteiger partial charge is 0.546 e. The standard InChI is InChI=1S/2C36H70O4.Ca/c2*1-3-5-7-9-11-13-15-17-19-21-23-25-27-29-31-33-35(37)40-34(36(38)39)32-30-28-26-24-22-20-18-16-14-12-10-8-6-4-2;/h2*34H,3-33H2,1-2H3,(H,38,39);/q;;+2/p-2. The maximum Gasteiger partial charge on any atom is 2.00 e. The molecule has 0 aromatic heterocycles. The Balaban J connectivity index is -0.00000148. The van der Waals surface area contributed by atoms with Gasteiger partial charge in [-0.15, -0.1) is 0 Å². The van der Waals surface area contributed by atoms with Gasteiger partial charge in [-0.2, -0.15) is 0 Å². The molecule has 0 aliphatic carbocycles. The molecule has 0 saturated carbocycles. The van der Waals surface area contributed by atoms with Crippen molar-refractivity contribution in [2.75, 3.05) is 0 Å². The Labute approximate surface area is 534 Å². The molecule has 476 valence electrons. The van der Waals surface area contributed by atoms with Crippen LogP contribution in [0.5, 0.6) is 0 Å². The summed E-state index contributed by atoms with van der Waals surface area (Å²) in [6.45, 7) is 9.06. The normalized spacial score (nSPS) is 11.9. The molecule has 0 aliphatic heterocycles. The molecular formula is C72H138CaO8. The van der Waals surface area contributed by atoms with E-state index < -0.39 is 24.1 Å². The van der Waals surface area contributed by atoms with Crippen LogP contribution in [0.15, 0.2) is 0 Å². The third-order valence-electron chi connectivity index (χ3n) is 16.7. The van der Waals surface area contributed by atoms with Crippen molar-refractivity contribution in [1.82, 2.24) is 0 Å². The quantitative estimate of drug-likeness (QED) is 0.0334. The van der Waals surface area contributed by atoms with Gasteiger partial charge in [-0.05, 0) is 38.5 Å². The number of unbranched alkanes of at least 4 members (excludes halogenated alkanes) is 54. The number of hydrogen-bond acceptors (Lipinski definition) is 8. The molecule has 0 rings (SSSR count). The van der Waals surface area contributed by atoms with Gasteiger partial charge in [-0.25, -0.2) is 0 Å².